The van der Waals surface area contributed by atoms with E-state index in [4.69, 9.17) is 4.42 Å². The van der Waals surface area contributed by atoms with Gasteiger partial charge in [0.25, 0.3) is 5.91 Å². The van der Waals surface area contributed by atoms with Gasteiger partial charge in [0.2, 0.25) is 0 Å². The monoisotopic (exact) mass is 282 g/mol. The highest BCUT2D eigenvalue weighted by atomic mass is 16.3. The van der Waals surface area contributed by atoms with E-state index < -0.39 is 0 Å². The Morgan fingerprint density at radius 2 is 2.14 bits per heavy atom. The number of aromatic nitrogens is 1. The number of nitrogens with one attached hydrogen (secondary N) is 2. The first kappa shape index (κ1) is 13.5. The summed E-state index contributed by atoms with van der Waals surface area (Å²) >= 11 is 0. The van der Waals surface area contributed by atoms with Crippen LogP contribution in [0.2, 0.25) is 0 Å². The van der Waals surface area contributed by atoms with Crippen LogP contribution in [0.5, 0.6) is 0 Å². The maximum atomic E-state index is 12.4. The van der Waals surface area contributed by atoms with E-state index in [-0.39, 0.29) is 5.91 Å². The first-order valence-corrected chi connectivity index (χ1v) is 7.15. The molecule has 3 aromatic rings. The summed E-state index contributed by atoms with van der Waals surface area (Å²) in [7, 11) is 0. The number of fused-ring (bicyclic) bond motifs is 1. The molecule has 2 aromatic heterocycles. The second-order valence-electron chi connectivity index (χ2n) is 5.23. The average molecular weight is 282 g/mol. The first-order chi connectivity index (χ1) is 10.2. The summed E-state index contributed by atoms with van der Waals surface area (Å²) in [5.41, 5.74) is 4.04. The Kier molecular flexibility index (Phi) is 3.52. The van der Waals surface area contributed by atoms with Crippen molar-refractivity contribution < 1.29 is 9.21 Å². The molecule has 1 unspecified atom stereocenters. The van der Waals surface area contributed by atoms with E-state index >= 15 is 0 Å². The van der Waals surface area contributed by atoms with Crippen LogP contribution in [0, 0.1) is 0 Å². The van der Waals surface area contributed by atoms with Gasteiger partial charge in [-0.3, -0.25) is 4.79 Å². The minimum atomic E-state index is -0.155. The molecule has 1 atom stereocenters. The van der Waals surface area contributed by atoms with Gasteiger partial charge in [-0.1, -0.05) is 32.0 Å². The molecule has 1 amide bonds. The standard InChI is InChI=1S/C17H18N2O2/c1-3-11(2)12-6-4-5-7-13(12)19-17(20)15-10-16-14(18-15)8-9-21-16/h4-11,18H,3H2,1-2H3,(H,19,20). The van der Waals surface area contributed by atoms with E-state index in [0.717, 1.165) is 23.2 Å². The van der Waals surface area contributed by atoms with Gasteiger partial charge in [0.1, 0.15) is 5.69 Å². The van der Waals surface area contributed by atoms with Crippen molar-refractivity contribution in [3.05, 3.63) is 53.9 Å². The molecule has 0 aliphatic carbocycles. The van der Waals surface area contributed by atoms with Gasteiger partial charge in [-0.25, -0.2) is 0 Å². The van der Waals surface area contributed by atoms with Crippen molar-refractivity contribution in [2.24, 2.45) is 0 Å². The predicted octanol–water partition coefficient (Wildman–Crippen LogP) is 4.53. The normalized spacial score (nSPS) is 12.5. The van der Waals surface area contributed by atoms with Crippen LogP contribution in [0.25, 0.3) is 11.1 Å². The zero-order valence-corrected chi connectivity index (χ0v) is 12.1. The summed E-state index contributed by atoms with van der Waals surface area (Å²) in [4.78, 5) is 15.4. The Hall–Kier alpha value is -2.49. The Labute approximate surface area is 123 Å². The molecule has 0 aliphatic rings. The Bertz CT molecular complexity index is 741. The number of aromatic amines is 1. The predicted molar refractivity (Wildman–Crippen MR) is 83.7 cm³/mol. The van der Waals surface area contributed by atoms with Gasteiger partial charge in [0.05, 0.1) is 11.8 Å². The van der Waals surface area contributed by atoms with E-state index in [1.54, 1.807) is 18.4 Å². The minimum Gasteiger partial charge on any atom is -0.463 e. The highest BCUT2D eigenvalue weighted by Crippen LogP contribution is 2.27. The lowest BCUT2D eigenvalue weighted by atomic mass is 9.97. The zero-order valence-electron chi connectivity index (χ0n) is 12.1. The number of amides is 1. The van der Waals surface area contributed by atoms with Crippen LogP contribution in [-0.2, 0) is 0 Å². The topological polar surface area (TPSA) is 58.0 Å². The van der Waals surface area contributed by atoms with Crippen LogP contribution in [0.3, 0.4) is 0 Å². The number of benzene rings is 1. The number of anilines is 1. The van der Waals surface area contributed by atoms with Crippen molar-refractivity contribution in [3.8, 4) is 0 Å². The molecule has 108 valence electrons. The average Bonchev–Trinajstić information content (AvgIpc) is 3.08. The Morgan fingerprint density at radius 1 is 1.33 bits per heavy atom. The highest BCUT2D eigenvalue weighted by Gasteiger charge is 2.14. The molecule has 4 heteroatoms. The molecule has 21 heavy (non-hydrogen) atoms. The number of H-pyrrole nitrogens is 1. The number of para-hydroxylation sites is 1. The number of carbonyl (C=O) groups is 1. The quantitative estimate of drug-likeness (QED) is 0.738. The molecule has 0 bridgehead atoms. The second-order valence-corrected chi connectivity index (χ2v) is 5.23. The highest BCUT2D eigenvalue weighted by molar-refractivity contribution is 6.05. The third-order valence-electron chi connectivity index (χ3n) is 3.84. The molecule has 0 radical (unpaired) electrons. The van der Waals surface area contributed by atoms with Crippen molar-refractivity contribution in [2.75, 3.05) is 5.32 Å². The summed E-state index contributed by atoms with van der Waals surface area (Å²) in [6.45, 7) is 4.30. The number of carbonyl (C=O) groups excluding carboxylic acids is 1. The van der Waals surface area contributed by atoms with Gasteiger partial charge in [-0.2, -0.15) is 0 Å². The molecule has 0 spiro atoms. The van der Waals surface area contributed by atoms with Gasteiger partial charge in [0, 0.05) is 17.8 Å². The van der Waals surface area contributed by atoms with Gasteiger partial charge in [-0.15, -0.1) is 0 Å². The van der Waals surface area contributed by atoms with E-state index in [1.165, 1.54) is 0 Å². The lowest BCUT2D eigenvalue weighted by Crippen LogP contribution is -2.14. The molecule has 0 saturated heterocycles. The molecule has 0 aliphatic heterocycles. The molecule has 3 rings (SSSR count). The Morgan fingerprint density at radius 3 is 2.90 bits per heavy atom. The number of rotatable bonds is 4. The van der Waals surface area contributed by atoms with Crippen molar-refractivity contribution in [2.45, 2.75) is 26.2 Å². The maximum Gasteiger partial charge on any atom is 0.272 e. The van der Waals surface area contributed by atoms with E-state index in [0.29, 0.717) is 17.2 Å². The fourth-order valence-corrected chi connectivity index (χ4v) is 2.42. The molecule has 0 saturated carbocycles. The second kappa shape index (κ2) is 5.48. The van der Waals surface area contributed by atoms with Gasteiger partial charge >= 0.3 is 0 Å². The third kappa shape index (κ3) is 2.57. The molecule has 2 N–H and O–H groups in total. The van der Waals surface area contributed by atoms with Crippen LogP contribution < -0.4 is 5.32 Å². The molecule has 2 heterocycles. The van der Waals surface area contributed by atoms with Crippen LogP contribution >= 0.6 is 0 Å². The molecular weight excluding hydrogens is 264 g/mol. The minimum absolute atomic E-state index is 0.155. The van der Waals surface area contributed by atoms with Gasteiger partial charge in [-0.05, 0) is 24.0 Å². The smallest absolute Gasteiger partial charge is 0.272 e. The molecule has 4 nitrogen and oxygen atoms in total. The number of hydrogen-bond acceptors (Lipinski definition) is 2. The van der Waals surface area contributed by atoms with Crippen LogP contribution in [0.15, 0.2) is 47.1 Å². The first-order valence-electron chi connectivity index (χ1n) is 7.15. The van der Waals surface area contributed by atoms with Gasteiger partial charge < -0.3 is 14.7 Å². The molecule has 1 aromatic carbocycles. The van der Waals surface area contributed by atoms with E-state index in [9.17, 15) is 4.79 Å². The van der Waals surface area contributed by atoms with E-state index in [2.05, 4.69) is 30.2 Å². The lowest BCUT2D eigenvalue weighted by molar-refractivity contribution is 0.102. The van der Waals surface area contributed by atoms with Crippen LogP contribution in [0.1, 0.15) is 42.2 Å². The summed E-state index contributed by atoms with van der Waals surface area (Å²) in [5.74, 6) is 0.249. The summed E-state index contributed by atoms with van der Waals surface area (Å²) < 4.78 is 5.27. The summed E-state index contributed by atoms with van der Waals surface area (Å²) in [5, 5.41) is 2.98. The fraction of sp³-hybridized carbons (Fsp3) is 0.235. The van der Waals surface area contributed by atoms with Crippen molar-refractivity contribution in [1.29, 1.82) is 0 Å². The maximum absolute atomic E-state index is 12.4. The van der Waals surface area contributed by atoms with E-state index in [1.807, 2.05) is 18.2 Å². The molecule has 0 fully saturated rings. The zero-order chi connectivity index (χ0) is 14.8. The Balaban J connectivity index is 1.86. The largest absolute Gasteiger partial charge is 0.463 e. The SMILES string of the molecule is CCC(C)c1ccccc1NC(=O)c1cc2occc2[nH]1. The number of hydrogen-bond donors (Lipinski definition) is 2. The summed E-state index contributed by atoms with van der Waals surface area (Å²) in [6.07, 6.45) is 2.63. The lowest BCUT2D eigenvalue weighted by Gasteiger charge is -2.15. The van der Waals surface area contributed by atoms with Gasteiger partial charge in [0.15, 0.2) is 5.58 Å². The summed E-state index contributed by atoms with van der Waals surface area (Å²) in [6, 6.07) is 11.5. The molecular formula is C17H18N2O2. The number of furan rings is 1. The van der Waals surface area contributed by atoms with Crippen LogP contribution in [-0.4, -0.2) is 10.9 Å². The third-order valence-corrected chi connectivity index (χ3v) is 3.84. The van der Waals surface area contributed by atoms with Crippen LogP contribution in [0.4, 0.5) is 5.69 Å². The van der Waals surface area contributed by atoms with Crippen molar-refractivity contribution in [1.82, 2.24) is 4.98 Å². The fourth-order valence-electron chi connectivity index (χ4n) is 2.42. The van der Waals surface area contributed by atoms with Crippen molar-refractivity contribution in [3.63, 3.8) is 0 Å². The van der Waals surface area contributed by atoms with Crippen molar-refractivity contribution >= 4 is 22.7 Å².